The van der Waals surface area contributed by atoms with Crippen molar-refractivity contribution >= 4 is 13.7 Å². The minimum Gasteiger partial charge on any atom is -0.756 e. The number of nitrogens with one attached hydrogen (secondary N) is 1. The lowest BCUT2D eigenvalue weighted by atomic mass is 10.0. The van der Waals surface area contributed by atoms with Gasteiger partial charge in [-0.15, -0.1) is 0 Å². The summed E-state index contributed by atoms with van der Waals surface area (Å²) in [5, 5.41) is 14.0. The molecule has 0 radical (unpaired) electrons. The van der Waals surface area contributed by atoms with Gasteiger partial charge in [0.05, 0.1) is 39.9 Å². The molecule has 0 rings (SSSR count). The lowest BCUT2D eigenvalue weighted by Crippen LogP contribution is -2.45. The Hall–Kier alpha value is -1.80. The van der Waals surface area contributed by atoms with Crippen LogP contribution in [0.2, 0.25) is 0 Å². The van der Waals surface area contributed by atoms with Crippen molar-refractivity contribution in [1.29, 1.82) is 0 Å². The number of nitrogens with zero attached hydrogens (tertiary/aromatic N) is 1. The average molecular weight is 1240 g/mol. The van der Waals surface area contributed by atoms with E-state index in [0.29, 0.717) is 17.4 Å². The van der Waals surface area contributed by atoms with Gasteiger partial charge in [0.1, 0.15) is 13.2 Å². The Morgan fingerprint density at radius 1 is 0.414 bits per heavy atom. The smallest absolute Gasteiger partial charge is 0.268 e. The minimum atomic E-state index is -4.61. The van der Waals surface area contributed by atoms with Gasteiger partial charge in [0.2, 0.25) is 5.91 Å². The number of unbranched alkanes of at least 4 members (excludes halogenated alkanes) is 50. The third-order valence-corrected chi connectivity index (χ3v) is 18.4. The number of hydrogen-bond donors (Lipinski definition) is 2. The van der Waals surface area contributed by atoms with Gasteiger partial charge < -0.3 is 28.8 Å². The first-order chi connectivity index (χ1) is 42.5. The van der Waals surface area contributed by atoms with Crippen molar-refractivity contribution in [2.75, 3.05) is 40.9 Å². The zero-order valence-electron chi connectivity index (χ0n) is 58.7. The van der Waals surface area contributed by atoms with E-state index in [1.165, 1.54) is 295 Å². The number of amides is 1. The van der Waals surface area contributed by atoms with Crippen LogP contribution in [0, 0.1) is 0 Å². The first-order valence-electron chi connectivity index (χ1n) is 38.2. The molecular weight excluding hydrogens is 1090 g/mol. The average Bonchev–Trinajstić information content (AvgIpc) is 3.70. The molecule has 0 aliphatic rings. The highest BCUT2D eigenvalue weighted by molar-refractivity contribution is 7.45. The first kappa shape index (κ1) is 85.2. The molecule has 0 aromatic rings. The van der Waals surface area contributed by atoms with E-state index in [0.717, 1.165) is 64.2 Å². The van der Waals surface area contributed by atoms with Crippen LogP contribution in [0.5, 0.6) is 0 Å². The van der Waals surface area contributed by atoms with E-state index in [2.05, 4.69) is 67.8 Å². The maximum Gasteiger partial charge on any atom is 0.268 e. The maximum absolute atomic E-state index is 13.1. The lowest BCUT2D eigenvalue weighted by molar-refractivity contribution is -0.870. The molecule has 0 fully saturated rings. The zero-order chi connectivity index (χ0) is 63.4. The molecule has 2 N–H and O–H groups in total. The maximum atomic E-state index is 13.1. The predicted octanol–water partition coefficient (Wildman–Crippen LogP) is 24.1. The Morgan fingerprint density at radius 2 is 0.701 bits per heavy atom. The van der Waals surface area contributed by atoms with Crippen LogP contribution in [0.1, 0.15) is 380 Å². The van der Waals surface area contributed by atoms with Crippen molar-refractivity contribution in [3.05, 3.63) is 60.8 Å². The Balaban J connectivity index is 3.98. The zero-order valence-corrected chi connectivity index (χ0v) is 59.6. The molecule has 0 spiro atoms. The molecule has 0 bridgehead atoms. The van der Waals surface area contributed by atoms with Gasteiger partial charge in [-0.25, -0.2) is 0 Å². The van der Waals surface area contributed by atoms with Crippen molar-refractivity contribution in [3.8, 4) is 0 Å². The van der Waals surface area contributed by atoms with Crippen molar-refractivity contribution in [2.24, 2.45) is 0 Å². The normalized spacial score (nSPS) is 13.9. The van der Waals surface area contributed by atoms with E-state index in [-0.39, 0.29) is 19.1 Å². The highest BCUT2D eigenvalue weighted by atomic mass is 31.2. The van der Waals surface area contributed by atoms with E-state index in [1.54, 1.807) is 6.08 Å². The number of phosphoric acid groups is 1. The van der Waals surface area contributed by atoms with Gasteiger partial charge in [0, 0.05) is 6.42 Å². The summed E-state index contributed by atoms with van der Waals surface area (Å²) in [7, 11) is 1.28. The fraction of sp³-hybridized carbons (Fsp3) is 0.859. The van der Waals surface area contributed by atoms with E-state index < -0.39 is 20.0 Å². The summed E-state index contributed by atoms with van der Waals surface area (Å²) in [6, 6.07) is -0.888. The molecule has 1 amide bonds. The van der Waals surface area contributed by atoms with Crippen LogP contribution in [-0.2, 0) is 18.4 Å². The number of allylic oxidation sites excluding steroid dienone is 9. The molecule has 87 heavy (non-hydrogen) atoms. The van der Waals surface area contributed by atoms with Gasteiger partial charge in [-0.2, -0.15) is 0 Å². The summed E-state index contributed by atoms with van der Waals surface area (Å²) in [5.41, 5.74) is 0. The molecule has 8 nitrogen and oxygen atoms in total. The van der Waals surface area contributed by atoms with Crippen molar-refractivity contribution < 1.29 is 32.9 Å². The van der Waals surface area contributed by atoms with Crippen LogP contribution in [0.15, 0.2) is 60.8 Å². The molecule has 0 aliphatic heterocycles. The van der Waals surface area contributed by atoms with E-state index in [9.17, 15) is 19.4 Å². The molecule has 0 heterocycles. The number of rotatable bonds is 71. The van der Waals surface area contributed by atoms with Gasteiger partial charge in [0.25, 0.3) is 7.82 Å². The minimum absolute atomic E-state index is 0.000317. The van der Waals surface area contributed by atoms with Crippen LogP contribution in [0.25, 0.3) is 0 Å². The van der Waals surface area contributed by atoms with E-state index in [1.807, 2.05) is 27.2 Å². The topological polar surface area (TPSA) is 108 Å². The number of quaternary nitrogens is 1. The summed E-state index contributed by atoms with van der Waals surface area (Å²) < 4.78 is 23.5. The summed E-state index contributed by atoms with van der Waals surface area (Å²) in [5.74, 6) is -0.190. The number of hydrogen-bond acceptors (Lipinski definition) is 6. The van der Waals surface area contributed by atoms with Crippen LogP contribution in [0.4, 0.5) is 0 Å². The van der Waals surface area contributed by atoms with Crippen LogP contribution in [-0.4, -0.2) is 68.5 Å². The van der Waals surface area contributed by atoms with Crippen LogP contribution in [0.3, 0.4) is 0 Å². The quantitative estimate of drug-likeness (QED) is 0.0272. The number of carbonyl (C=O) groups is 1. The number of likely N-dealkylation sites (N-methyl/N-ethyl adjacent to an activating group) is 1. The fourth-order valence-electron chi connectivity index (χ4n) is 11.6. The Labute approximate surface area is 542 Å². The molecule has 0 aromatic heterocycles. The molecule has 9 heteroatoms. The van der Waals surface area contributed by atoms with Crippen molar-refractivity contribution in [3.63, 3.8) is 0 Å². The van der Waals surface area contributed by atoms with Crippen molar-refractivity contribution in [1.82, 2.24) is 5.32 Å². The molecule has 3 atom stereocenters. The highest BCUT2D eigenvalue weighted by Gasteiger charge is 2.23. The summed E-state index contributed by atoms with van der Waals surface area (Å²) in [6.45, 7) is 4.60. The highest BCUT2D eigenvalue weighted by Crippen LogP contribution is 2.38. The van der Waals surface area contributed by atoms with Gasteiger partial charge >= 0.3 is 0 Å². The molecule has 0 saturated heterocycles. The fourth-order valence-corrected chi connectivity index (χ4v) is 12.3. The Morgan fingerprint density at radius 3 is 1.02 bits per heavy atom. The molecule has 0 saturated carbocycles. The number of aliphatic hydroxyl groups excluding tert-OH is 1. The Bertz CT molecular complexity index is 1600. The van der Waals surface area contributed by atoms with Crippen LogP contribution >= 0.6 is 7.82 Å². The van der Waals surface area contributed by atoms with Crippen LogP contribution < -0.4 is 10.2 Å². The third-order valence-electron chi connectivity index (χ3n) is 17.5. The lowest BCUT2D eigenvalue weighted by Gasteiger charge is -2.29. The first-order valence-corrected chi connectivity index (χ1v) is 39.6. The summed E-state index contributed by atoms with van der Waals surface area (Å²) in [6.07, 6.45) is 95.1. The van der Waals surface area contributed by atoms with E-state index in [4.69, 9.17) is 9.05 Å². The predicted molar refractivity (Wildman–Crippen MR) is 381 cm³/mol. The summed E-state index contributed by atoms with van der Waals surface area (Å²) in [4.78, 5) is 25.7. The third kappa shape index (κ3) is 71.5. The SMILES string of the molecule is CC/C=C\C/C=C\C/C=C\C/C=C\CCCCCCCCCCCCCCCCCCCCCCCCC(=O)NC(COP(=O)([O-])OCC[N+](C)(C)C)C(O)/C=C/CCCCCCCCCCCCCCCCCCCCCCCCCCCCCC. The number of phosphoric ester groups is 1. The Kier molecular flexibility index (Phi) is 67.1. The number of aliphatic hydroxyl groups is 1. The number of carbonyl (C=O) groups excluding carboxylic acids is 1. The largest absolute Gasteiger partial charge is 0.756 e. The van der Waals surface area contributed by atoms with E-state index >= 15 is 0 Å². The van der Waals surface area contributed by atoms with Gasteiger partial charge in [0.15, 0.2) is 0 Å². The van der Waals surface area contributed by atoms with Gasteiger partial charge in [-0.05, 0) is 57.8 Å². The van der Waals surface area contributed by atoms with Gasteiger partial charge in [-0.3, -0.25) is 9.36 Å². The molecule has 3 unspecified atom stereocenters. The standard InChI is InChI=1S/C78H149N2O6P/c1-6-8-10-12-14-16-18-20-22-24-26-28-30-32-34-36-38-39-40-41-42-44-46-48-50-52-54-56-58-60-62-64-66-68-70-72-78(82)79-76(75-86-87(83,84)85-74-73-80(3,4)5)77(81)71-69-67-65-63-61-59-57-55-53-51-49-47-45-43-37-35-33-31-29-27-25-23-21-19-17-15-13-11-9-7-2/h8,10,14,16,20,22,26,28,69,71,76-77,81H,6-7,9,11-13,15,17-19,21,23-25,27,29-68,70,72-75H2,1-5H3,(H-,79,82,83,84)/b10-8-,16-14-,22-20-,28-26-,71-69+. The molecule has 0 aliphatic carbocycles. The molecule has 512 valence electrons. The van der Waals surface area contributed by atoms with Crippen molar-refractivity contribution in [2.45, 2.75) is 392 Å². The second-order valence-electron chi connectivity index (χ2n) is 27.3. The summed E-state index contributed by atoms with van der Waals surface area (Å²) >= 11 is 0. The monoisotopic (exact) mass is 1240 g/mol. The second-order valence-corrected chi connectivity index (χ2v) is 28.7. The molecular formula is C78H149N2O6P. The molecule has 0 aromatic carbocycles. The second kappa shape index (κ2) is 68.6. The van der Waals surface area contributed by atoms with Gasteiger partial charge in [-0.1, -0.05) is 376 Å².